The molecule has 3 saturated heterocycles. The van der Waals surface area contributed by atoms with Crippen LogP contribution in [0.15, 0.2) is 0 Å². The minimum absolute atomic E-state index is 1.01. The van der Waals surface area contributed by atoms with Crippen molar-refractivity contribution in [2.75, 3.05) is 0 Å². The van der Waals surface area contributed by atoms with Crippen LogP contribution < -0.4 is 0 Å². The Morgan fingerprint density at radius 2 is 0.318 bits per heavy atom. The molecule has 8 heteroatoms. The molecule has 2 bridgehead atoms. The SMILES string of the molecule is C[Si]1(C)[Si](C)(C)[Si]2(C)[Si](C)(C)[Si](C)(C)[Si]1(C)[Si](C)(C)[Si]2(C)C. The van der Waals surface area contributed by atoms with Crippen LogP contribution in [0.4, 0.5) is 0 Å². The van der Waals surface area contributed by atoms with Gasteiger partial charge in [-0.3, -0.25) is 0 Å². The van der Waals surface area contributed by atoms with E-state index in [1.165, 1.54) is 0 Å². The zero-order valence-electron chi connectivity index (χ0n) is 18.0. The van der Waals surface area contributed by atoms with E-state index < -0.39 is 55.9 Å². The van der Waals surface area contributed by atoms with Crippen molar-refractivity contribution in [1.29, 1.82) is 0 Å². The van der Waals surface area contributed by atoms with Crippen LogP contribution in [0.3, 0.4) is 0 Å². The molecule has 0 radical (unpaired) electrons. The quantitative estimate of drug-likeness (QED) is 0.463. The summed E-state index contributed by atoms with van der Waals surface area (Å²) in [4.78, 5) is 0. The van der Waals surface area contributed by atoms with Crippen LogP contribution in [0.5, 0.6) is 0 Å². The molecule has 3 fully saturated rings. The van der Waals surface area contributed by atoms with Crippen molar-refractivity contribution in [3.05, 3.63) is 0 Å². The topological polar surface area (TPSA) is 0 Å². The summed E-state index contributed by atoms with van der Waals surface area (Å²) < 4.78 is 0. The highest BCUT2D eigenvalue weighted by Crippen LogP contribution is 2.63. The van der Waals surface area contributed by atoms with Gasteiger partial charge in [0, 0.05) is 55.9 Å². The minimum Gasteiger partial charge on any atom is -0.0752 e. The summed E-state index contributed by atoms with van der Waals surface area (Å²) in [5, 5.41) is 0. The van der Waals surface area contributed by atoms with Crippen LogP contribution in [0, 0.1) is 0 Å². The molecule has 3 heterocycles. The second-order valence-electron chi connectivity index (χ2n) is 12.0. The Morgan fingerprint density at radius 3 is 0.409 bits per heavy atom. The lowest BCUT2D eigenvalue weighted by Gasteiger charge is -2.87. The predicted molar refractivity (Wildman–Crippen MR) is 128 cm³/mol. The third kappa shape index (κ3) is 1.37. The lowest BCUT2D eigenvalue weighted by molar-refractivity contribution is 1.72. The smallest absolute Gasteiger partial charge is 0.0280 e. The van der Waals surface area contributed by atoms with E-state index in [4.69, 9.17) is 0 Å². The van der Waals surface area contributed by atoms with Crippen LogP contribution in [-0.2, 0) is 0 Å². The number of hydrogen-bond donors (Lipinski definition) is 0. The highest BCUT2D eigenvalue weighted by molar-refractivity contribution is 8.36. The third-order valence-electron chi connectivity index (χ3n) is 12.2. The molecule has 0 nitrogen and oxygen atoms in total. The highest BCUT2D eigenvalue weighted by Gasteiger charge is 2.90. The molecule has 22 heavy (non-hydrogen) atoms. The number of hydrogen-bond acceptors (Lipinski definition) is 0. The molecule has 0 aromatic carbocycles. The Labute approximate surface area is 147 Å². The van der Waals surface area contributed by atoms with Crippen molar-refractivity contribution in [3.8, 4) is 0 Å². The summed E-state index contributed by atoms with van der Waals surface area (Å²) in [7, 11) is -6.06. The predicted octanol–water partition coefficient (Wildman–Crippen LogP) is 5.13. The molecule has 3 rings (SSSR count). The molecule has 3 aliphatic heterocycles. The van der Waals surface area contributed by atoms with Gasteiger partial charge in [-0.1, -0.05) is 91.7 Å². The maximum Gasteiger partial charge on any atom is 0.0280 e. The highest BCUT2D eigenvalue weighted by atomic mass is 30.5. The van der Waals surface area contributed by atoms with E-state index in [0.717, 1.165) is 0 Å². The second kappa shape index (κ2) is 4.34. The van der Waals surface area contributed by atoms with Gasteiger partial charge in [0.2, 0.25) is 0 Å². The van der Waals surface area contributed by atoms with Gasteiger partial charge in [-0.2, -0.15) is 0 Å². The van der Waals surface area contributed by atoms with E-state index in [0.29, 0.717) is 0 Å². The van der Waals surface area contributed by atoms with Crippen molar-refractivity contribution < 1.29 is 0 Å². The van der Waals surface area contributed by atoms with Crippen molar-refractivity contribution in [2.45, 2.75) is 91.7 Å². The average Bonchev–Trinajstić information content (AvgIpc) is 2.32. The fourth-order valence-corrected chi connectivity index (χ4v) is 532. The fraction of sp³-hybridized carbons (Fsp3) is 1.00. The molecule has 3 aliphatic rings. The normalized spacial score (nSPS) is 45.5. The van der Waals surface area contributed by atoms with Gasteiger partial charge >= 0.3 is 0 Å². The molecule has 0 N–H and O–H groups in total. The van der Waals surface area contributed by atoms with Gasteiger partial charge in [0.15, 0.2) is 0 Å². The van der Waals surface area contributed by atoms with E-state index in [9.17, 15) is 0 Å². The molecule has 0 aromatic heterocycles. The first-order valence-electron chi connectivity index (χ1n) is 9.25. The zero-order valence-corrected chi connectivity index (χ0v) is 26.0. The van der Waals surface area contributed by atoms with Gasteiger partial charge in [-0.25, -0.2) is 0 Å². The summed E-state index contributed by atoms with van der Waals surface area (Å²) >= 11 is 0. The van der Waals surface area contributed by atoms with Gasteiger partial charge in [-0.05, 0) is 0 Å². The van der Waals surface area contributed by atoms with E-state index in [1.807, 2.05) is 0 Å². The minimum atomic E-state index is -1.04. The van der Waals surface area contributed by atoms with E-state index in [1.54, 1.807) is 0 Å². The van der Waals surface area contributed by atoms with E-state index in [-0.39, 0.29) is 0 Å². The molecule has 0 aromatic rings. The Kier molecular flexibility index (Phi) is 3.96. The van der Waals surface area contributed by atoms with Crippen molar-refractivity contribution in [1.82, 2.24) is 0 Å². The number of rotatable bonds is 0. The molecule has 0 spiro atoms. The molecular weight excluding hydrogens is 393 g/mol. The van der Waals surface area contributed by atoms with Crippen LogP contribution in [0.2, 0.25) is 91.7 Å². The standard InChI is InChI=1S/C14H42Si8/c1-15(2)16(3,4)22(14)19(9,10)17(5,6)21(15,13)18(7,8)20(22,11)12/h1-14H3. The molecule has 130 valence electrons. The first-order chi connectivity index (χ1) is 9.25. The maximum atomic E-state index is 3.06. The molecular formula is C14H42Si8. The summed E-state index contributed by atoms with van der Waals surface area (Å²) in [6, 6.07) is 0. The summed E-state index contributed by atoms with van der Waals surface area (Å²) in [5.74, 6) is 0. The monoisotopic (exact) mass is 434 g/mol. The fourth-order valence-electron chi connectivity index (χ4n) is 8.44. The Bertz CT molecular complexity index is 409. The van der Waals surface area contributed by atoms with E-state index in [2.05, 4.69) is 91.7 Å². The van der Waals surface area contributed by atoms with Crippen LogP contribution >= 0.6 is 0 Å². The Morgan fingerprint density at radius 1 is 0.227 bits per heavy atom. The first-order valence-corrected chi connectivity index (χ1v) is 41.2. The third-order valence-corrected chi connectivity index (χ3v) is 272. The largest absolute Gasteiger partial charge is 0.0752 e. The molecule has 0 amide bonds. The van der Waals surface area contributed by atoms with Gasteiger partial charge in [0.05, 0.1) is 0 Å². The first kappa shape index (κ1) is 20.1. The summed E-state index contributed by atoms with van der Waals surface area (Å²) in [6.45, 7) is 39.6. The molecule has 0 saturated carbocycles. The van der Waals surface area contributed by atoms with Gasteiger partial charge in [-0.15, -0.1) is 0 Å². The summed E-state index contributed by atoms with van der Waals surface area (Å²) in [5.41, 5.74) is 0. The maximum absolute atomic E-state index is 3.06. The second-order valence-corrected chi connectivity index (χ2v) is 117. The summed E-state index contributed by atoms with van der Waals surface area (Å²) in [6.07, 6.45) is 0. The van der Waals surface area contributed by atoms with Crippen molar-refractivity contribution in [3.63, 3.8) is 0 Å². The Balaban J connectivity index is 3.11. The lowest BCUT2D eigenvalue weighted by Crippen LogP contribution is -3.17. The van der Waals surface area contributed by atoms with Crippen LogP contribution in [-0.4, -0.2) is 55.9 Å². The molecule has 0 unspecified atom stereocenters. The Hall–Kier alpha value is 1.74. The number of fused-ring (bicyclic) bond motifs is 3. The van der Waals surface area contributed by atoms with Gasteiger partial charge in [0.25, 0.3) is 0 Å². The average molecular weight is 435 g/mol. The van der Waals surface area contributed by atoms with Crippen molar-refractivity contribution >= 4 is 55.9 Å². The molecule has 0 atom stereocenters. The van der Waals surface area contributed by atoms with Crippen LogP contribution in [0.25, 0.3) is 0 Å². The molecule has 0 aliphatic carbocycles. The van der Waals surface area contributed by atoms with Crippen molar-refractivity contribution in [2.24, 2.45) is 0 Å². The van der Waals surface area contributed by atoms with Gasteiger partial charge in [0.1, 0.15) is 0 Å². The van der Waals surface area contributed by atoms with E-state index >= 15 is 0 Å². The van der Waals surface area contributed by atoms with Crippen LogP contribution in [0.1, 0.15) is 0 Å². The van der Waals surface area contributed by atoms with Gasteiger partial charge < -0.3 is 0 Å². The lowest BCUT2D eigenvalue weighted by atomic mass is 11.9. The zero-order chi connectivity index (χ0) is 18.0.